The average Bonchev–Trinajstić information content (AvgIpc) is 3.08. The Labute approximate surface area is 122 Å². The van der Waals surface area contributed by atoms with E-state index in [1.807, 2.05) is 35.0 Å². The van der Waals surface area contributed by atoms with Crippen molar-refractivity contribution in [1.29, 1.82) is 0 Å². The van der Waals surface area contributed by atoms with E-state index in [-0.39, 0.29) is 12.3 Å². The van der Waals surface area contributed by atoms with Gasteiger partial charge in [0.05, 0.1) is 12.2 Å². The molecule has 6 heteroatoms. The maximum absolute atomic E-state index is 12.0. The van der Waals surface area contributed by atoms with E-state index >= 15 is 0 Å². The highest BCUT2D eigenvalue weighted by Gasteiger charge is 2.33. The van der Waals surface area contributed by atoms with Crippen LogP contribution in [0.15, 0.2) is 43.0 Å². The first-order chi connectivity index (χ1) is 10.1. The molecule has 108 valence electrons. The topological polar surface area (TPSA) is 81.2 Å². The SMILES string of the molecule is NC(=O)C1CC(=O)N(c2cccc(Cn3ccnc3)c2)C1. The molecule has 1 fully saturated rings. The van der Waals surface area contributed by atoms with Crippen molar-refractivity contribution in [3.05, 3.63) is 48.5 Å². The van der Waals surface area contributed by atoms with Crippen LogP contribution < -0.4 is 10.6 Å². The van der Waals surface area contributed by atoms with Gasteiger partial charge in [0.15, 0.2) is 0 Å². The largest absolute Gasteiger partial charge is 0.369 e. The zero-order valence-electron chi connectivity index (χ0n) is 11.5. The van der Waals surface area contributed by atoms with Crippen molar-refractivity contribution in [1.82, 2.24) is 9.55 Å². The standard InChI is InChI=1S/C15H16N4O2/c16-15(21)12-7-14(20)19(9-12)13-3-1-2-11(6-13)8-18-5-4-17-10-18/h1-6,10,12H,7-9H2,(H2,16,21). The van der Waals surface area contributed by atoms with Crippen LogP contribution in [0.2, 0.25) is 0 Å². The Balaban J connectivity index is 1.80. The summed E-state index contributed by atoms with van der Waals surface area (Å²) >= 11 is 0. The second-order valence-electron chi connectivity index (χ2n) is 5.21. The number of hydrogen-bond acceptors (Lipinski definition) is 3. The maximum Gasteiger partial charge on any atom is 0.227 e. The molecule has 6 nitrogen and oxygen atoms in total. The fraction of sp³-hybridized carbons (Fsp3) is 0.267. The molecule has 1 aliphatic rings. The lowest BCUT2D eigenvalue weighted by molar-refractivity contribution is -0.123. The molecular weight excluding hydrogens is 268 g/mol. The van der Waals surface area contributed by atoms with Gasteiger partial charge in [0.1, 0.15) is 0 Å². The Morgan fingerprint density at radius 3 is 2.95 bits per heavy atom. The van der Waals surface area contributed by atoms with E-state index in [1.54, 1.807) is 17.4 Å². The third-order valence-electron chi connectivity index (χ3n) is 3.67. The molecule has 1 unspecified atom stereocenters. The number of amides is 2. The quantitative estimate of drug-likeness (QED) is 0.900. The Morgan fingerprint density at radius 2 is 2.29 bits per heavy atom. The van der Waals surface area contributed by atoms with Crippen LogP contribution in [0.25, 0.3) is 0 Å². The molecule has 0 radical (unpaired) electrons. The summed E-state index contributed by atoms with van der Waals surface area (Å²) in [5.74, 6) is -0.867. The van der Waals surface area contributed by atoms with Crippen molar-refractivity contribution in [2.24, 2.45) is 11.7 Å². The van der Waals surface area contributed by atoms with Crippen molar-refractivity contribution in [2.75, 3.05) is 11.4 Å². The first-order valence-corrected chi connectivity index (χ1v) is 6.78. The summed E-state index contributed by atoms with van der Waals surface area (Å²) in [4.78, 5) is 28.9. The molecule has 3 rings (SSSR count). The highest BCUT2D eigenvalue weighted by Crippen LogP contribution is 2.25. The van der Waals surface area contributed by atoms with E-state index in [2.05, 4.69) is 4.98 Å². The number of rotatable bonds is 4. The lowest BCUT2D eigenvalue weighted by atomic mass is 10.1. The second-order valence-corrected chi connectivity index (χ2v) is 5.21. The molecule has 1 atom stereocenters. The third-order valence-corrected chi connectivity index (χ3v) is 3.67. The van der Waals surface area contributed by atoms with Crippen LogP contribution >= 0.6 is 0 Å². The molecule has 0 bridgehead atoms. The van der Waals surface area contributed by atoms with Gasteiger partial charge in [-0.05, 0) is 17.7 Å². The van der Waals surface area contributed by atoms with Gasteiger partial charge >= 0.3 is 0 Å². The average molecular weight is 284 g/mol. The second kappa shape index (κ2) is 5.40. The number of imidazole rings is 1. The normalized spacial score (nSPS) is 18.2. The summed E-state index contributed by atoms with van der Waals surface area (Å²) in [7, 11) is 0. The van der Waals surface area contributed by atoms with Crippen LogP contribution in [-0.4, -0.2) is 27.9 Å². The van der Waals surface area contributed by atoms with Crippen LogP contribution in [0.3, 0.4) is 0 Å². The molecule has 2 heterocycles. The smallest absolute Gasteiger partial charge is 0.227 e. The fourth-order valence-corrected chi connectivity index (χ4v) is 2.56. The molecule has 1 aromatic carbocycles. The Bertz CT molecular complexity index is 666. The summed E-state index contributed by atoms with van der Waals surface area (Å²) in [5, 5.41) is 0. The predicted octanol–water partition coefficient (Wildman–Crippen LogP) is 0.770. The predicted molar refractivity (Wildman–Crippen MR) is 77.4 cm³/mol. The molecule has 0 saturated carbocycles. The number of benzene rings is 1. The van der Waals surface area contributed by atoms with E-state index in [9.17, 15) is 9.59 Å². The van der Waals surface area contributed by atoms with Gasteiger partial charge in [0.25, 0.3) is 0 Å². The highest BCUT2D eigenvalue weighted by atomic mass is 16.2. The van der Waals surface area contributed by atoms with Gasteiger partial charge in [-0.25, -0.2) is 4.98 Å². The molecule has 2 amide bonds. The number of hydrogen-bond donors (Lipinski definition) is 1. The Kier molecular flexibility index (Phi) is 3.43. The lowest BCUT2D eigenvalue weighted by Crippen LogP contribution is -2.28. The van der Waals surface area contributed by atoms with Crippen LogP contribution in [0, 0.1) is 5.92 Å². The summed E-state index contributed by atoms with van der Waals surface area (Å²) in [6.45, 7) is 1.05. The Hall–Kier alpha value is -2.63. The molecule has 1 saturated heterocycles. The Morgan fingerprint density at radius 1 is 1.43 bits per heavy atom. The number of aromatic nitrogens is 2. The van der Waals surface area contributed by atoms with Gasteiger partial charge in [-0.1, -0.05) is 12.1 Å². The van der Waals surface area contributed by atoms with Gasteiger partial charge in [-0.2, -0.15) is 0 Å². The number of carbonyl (C=O) groups excluding carboxylic acids is 2. The van der Waals surface area contributed by atoms with E-state index in [0.29, 0.717) is 13.1 Å². The van der Waals surface area contributed by atoms with Crippen LogP contribution in [0.4, 0.5) is 5.69 Å². The van der Waals surface area contributed by atoms with Crippen LogP contribution in [0.1, 0.15) is 12.0 Å². The minimum absolute atomic E-state index is 0.0569. The fourth-order valence-electron chi connectivity index (χ4n) is 2.56. The molecule has 0 spiro atoms. The van der Waals surface area contributed by atoms with E-state index in [1.165, 1.54) is 0 Å². The van der Waals surface area contributed by atoms with Crippen LogP contribution in [-0.2, 0) is 16.1 Å². The van der Waals surface area contributed by atoms with Crippen molar-refractivity contribution in [2.45, 2.75) is 13.0 Å². The maximum atomic E-state index is 12.0. The van der Waals surface area contributed by atoms with Gasteiger partial charge in [0.2, 0.25) is 11.8 Å². The summed E-state index contributed by atoms with van der Waals surface area (Å²) in [5.41, 5.74) is 7.17. The molecular formula is C15H16N4O2. The molecule has 1 aliphatic heterocycles. The van der Waals surface area contributed by atoms with E-state index in [0.717, 1.165) is 11.3 Å². The summed E-state index contributed by atoms with van der Waals surface area (Å²) in [6, 6.07) is 7.74. The first-order valence-electron chi connectivity index (χ1n) is 6.78. The zero-order valence-corrected chi connectivity index (χ0v) is 11.5. The number of nitrogens with zero attached hydrogens (tertiary/aromatic N) is 3. The first kappa shape index (κ1) is 13.4. The van der Waals surface area contributed by atoms with Crippen molar-refractivity contribution < 1.29 is 9.59 Å². The molecule has 2 N–H and O–H groups in total. The molecule has 2 aromatic rings. The number of primary amides is 1. The lowest BCUT2D eigenvalue weighted by Gasteiger charge is -2.17. The minimum Gasteiger partial charge on any atom is -0.369 e. The number of nitrogens with two attached hydrogens (primary N) is 1. The van der Waals surface area contributed by atoms with E-state index < -0.39 is 11.8 Å². The molecule has 21 heavy (non-hydrogen) atoms. The number of carbonyl (C=O) groups is 2. The minimum atomic E-state index is -0.416. The van der Waals surface area contributed by atoms with Gasteiger partial charge < -0.3 is 15.2 Å². The van der Waals surface area contributed by atoms with Crippen molar-refractivity contribution >= 4 is 17.5 Å². The van der Waals surface area contributed by atoms with Crippen LogP contribution in [0.5, 0.6) is 0 Å². The van der Waals surface area contributed by atoms with Crippen molar-refractivity contribution in [3.63, 3.8) is 0 Å². The van der Waals surface area contributed by atoms with E-state index in [4.69, 9.17) is 5.73 Å². The number of anilines is 1. The highest BCUT2D eigenvalue weighted by molar-refractivity contribution is 6.00. The monoisotopic (exact) mass is 284 g/mol. The molecule has 1 aromatic heterocycles. The van der Waals surface area contributed by atoms with Gasteiger partial charge in [-0.3, -0.25) is 9.59 Å². The third kappa shape index (κ3) is 2.79. The molecule has 0 aliphatic carbocycles. The van der Waals surface area contributed by atoms with Gasteiger partial charge in [-0.15, -0.1) is 0 Å². The van der Waals surface area contributed by atoms with Crippen molar-refractivity contribution in [3.8, 4) is 0 Å². The zero-order chi connectivity index (χ0) is 14.8. The summed E-state index contributed by atoms with van der Waals surface area (Å²) in [6.07, 6.45) is 5.56. The summed E-state index contributed by atoms with van der Waals surface area (Å²) < 4.78 is 1.96. The van der Waals surface area contributed by atoms with Gasteiger partial charge in [0, 0.05) is 37.6 Å².